The van der Waals surface area contributed by atoms with Crippen LogP contribution in [0.3, 0.4) is 0 Å². The van der Waals surface area contributed by atoms with E-state index in [2.05, 4.69) is 10.4 Å². The van der Waals surface area contributed by atoms with Crippen LogP contribution in [-0.2, 0) is 4.74 Å². The number of nitrogens with one attached hydrogen (secondary N) is 1. The molecule has 1 aliphatic carbocycles. The van der Waals surface area contributed by atoms with E-state index in [0.29, 0.717) is 12.5 Å². The molecular formula is C15H24FN3O. The van der Waals surface area contributed by atoms with Crippen molar-refractivity contribution in [2.75, 3.05) is 6.61 Å². The average Bonchev–Trinajstić information content (AvgIpc) is 2.48. The summed E-state index contributed by atoms with van der Waals surface area (Å²) in [5, 5.41) is 0. The van der Waals surface area contributed by atoms with Gasteiger partial charge in [0, 0.05) is 12.8 Å². The Morgan fingerprint density at radius 3 is 2.75 bits per heavy atom. The maximum absolute atomic E-state index is 13.4. The molecule has 1 saturated carbocycles. The summed E-state index contributed by atoms with van der Waals surface area (Å²) in [4.78, 5) is 3.91. The van der Waals surface area contributed by atoms with Crippen molar-refractivity contribution in [3.63, 3.8) is 0 Å². The molecule has 0 aromatic carbocycles. The van der Waals surface area contributed by atoms with Crippen LogP contribution < -0.4 is 11.3 Å². The average molecular weight is 281 g/mol. The van der Waals surface area contributed by atoms with Crippen LogP contribution in [-0.4, -0.2) is 17.7 Å². The Kier molecular flexibility index (Phi) is 5.88. The van der Waals surface area contributed by atoms with E-state index in [0.717, 1.165) is 18.4 Å². The Morgan fingerprint density at radius 1 is 1.40 bits per heavy atom. The largest absolute Gasteiger partial charge is 0.376 e. The van der Waals surface area contributed by atoms with Crippen LogP contribution in [0, 0.1) is 11.7 Å². The first-order chi connectivity index (χ1) is 9.76. The number of halogens is 1. The first-order valence-corrected chi connectivity index (χ1v) is 7.44. The van der Waals surface area contributed by atoms with Gasteiger partial charge in [-0.25, -0.2) is 4.39 Å². The maximum atomic E-state index is 13.4. The second-order valence-electron chi connectivity index (χ2n) is 5.40. The van der Waals surface area contributed by atoms with Crippen molar-refractivity contribution in [1.29, 1.82) is 0 Å². The topological polar surface area (TPSA) is 60.2 Å². The van der Waals surface area contributed by atoms with E-state index in [1.165, 1.54) is 31.5 Å². The smallest absolute Gasteiger partial charge is 0.141 e. The summed E-state index contributed by atoms with van der Waals surface area (Å²) in [6.07, 6.45) is 8.86. The molecule has 1 aliphatic rings. The van der Waals surface area contributed by atoms with Crippen molar-refractivity contribution >= 4 is 0 Å². The van der Waals surface area contributed by atoms with Crippen LogP contribution in [0.25, 0.3) is 0 Å². The predicted molar refractivity (Wildman–Crippen MR) is 76.2 cm³/mol. The molecule has 0 saturated heterocycles. The molecule has 2 atom stereocenters. The van der Waals surface area contributed by atoms with E-state index in [9.17, 15) is 4.39 Å². The molecule has 20 heavy (non-hydrogen) atoms. The minimum absolute atomic E-state index is 0.0334. The van der Waals surface area contributed by atoms with E-state index in [1.807, 2.05) is 6.92 Å². The molecule has 5 heteroatoms. The molecule has 0 aliphatic heterocycles. The van der Waals surface area contributed by atoms with Crippen LogP contribution in [0.1, 0.15) is 50.6 Å². The minimum Gasteiger partial charge on any atom is -0.376 e. The molecule has 3 N–H and O–H groups in total. The van der Waals surface area contributed by atoms with Crippen LogP contribution >= 0.6 is 0 Å². The molecule has 112 valence electrons. The van der Waals surface area contributed by atoms with E-state index in [-0.39, 0.29) is 18.0 Å². The number of pyridine rings is 1. The van der Waals surface area contributed by atoms with Crippen molar-refractivity contribution in [3.05, 3.63) is 29.8 Å². The van der Waals surface area contributed by atoms with E-state index in [4.69, 9.17) is 10.6 Å². The summed E-state index contributed by atoms with van der Waals surface area (Å²) in [6, 6.07) is 1.26. The highest BCUT2D eigenvalue weighted by Gasteiger charge is 2.32. The summed E-state index contributed by atoms with van der Waals surface area (Å²) in [5.74, 6) is 5.83. The third kappa shape index (κ3) is 3.75. The van der Waals surface area contributed by atoms with Gasteiger partial charge in [0.25, 0.3) is 0 Å². The molecule has 1 fully saturated rings. The van der Waals surface area contributed by atoms with Gasteiger partial charge >= 0.3 is 0 Å². The molecule has 1 heterocycles. The monoisotopic (exact) mass is 281 g/mol. The fourth-order valence-electron chi connectivity index (χ4n) is 3.14. The van der Waals surface area contributed by atoms with Gasteiger partial charge in [-0.2, -0.15) is 0 Å². The highest BCUT2D eigenvalue weighted by Crippen LogP contribution is 2.34. The van der Waals surface area contributed by atoms with Crippen molar-refractivity contribution in [1.82, 2.24) is 10.4 Å². The lowest BCUT2D eigenvalue weighted by molar-refractivity contribution is -0.0185. The molecule has 4 nitrogen and oxygen atoms in total. The zero-order valence-electron chi connectivity index (χ0n) is 12.0. The predicted octanol–water partition coefficient (Wildman–Crippen LogP) is 2.71. The molecule has 1 aromatic rings. The van der Waals surface area contributed by atoms with E-state index >= 15 is 0 Å². The summed E-state index contributed by atoms with van der Waals surface area (Å²) in [6.45, 7) is 2.61. The zero-order valence-corrected chi connectivity index (χ0v) is 12.0. The van der Waals surface area contributed by atoms with Crippen LogP contribution in [0.15, 0.2) is 18.5 Å². The third-order valence-electron chi connectivity index (χ3n) is 4.07. The Bertz CT molecular complexity index is 410. The van der Waals surface area contributed by atoms with Gasteiger partial charge in [0.15, 0.2) is 0 Å². The fourth-order valence-corrected chi connectivity index (χ4v) is 3.14. The zero-order chi connectivity index (χ0) is 14.4. The van der Waals surface area contributed by atoms with Crippen LogP contribution in [0.4, 0.5) is 4.39 Å². The quantitative estimate of drug-likeness (QED) is 0.622. The summed E-state index contributed by atoms with van der Waals surface area (Å²) < 4.78 is 19.3. The molecule has 0 spiro atoms. The highest BCUT2D eigenvalue weighted by atomic mass is 19.1. The first-order valence-electron chi connectivity index (χ1n) is 7.44. The minimum atomic E-state index is -0.346. The van der Waals surface area contributed by atoms with Crippen molar-refractivity contribution in [3.8, 4) is 0 Å². The molecule has 0 amide bonds. The molecule has 0 bridgehead atoms. The third-order valence-corrected chi connectivity index (χ3v) is 4.07. The second-order valence-corrected chi connectivity index (χ2v) is 5.40. The van der Waals surface area contributed by atoms with Gasteiger partial charge in [0.1, 0.15) is 5.82 Å². The molecule has 2 rings (SSSR count). The van der Waals surface area contributed by atoms with Gasteiger partial charge in [-0.05, 0) is 37.3 Å². The number of hydrogen-bond donors (Lipinski definition) is 2. The van der Waals surface area contributed by atoms with E-state index in [1.54, 1.807) is 6.20 Å². The van der Waals surface area contributed by atoms with Gasteiger partial charge in [0.05, 0.1) is 18.3 Å². The number of aromatic nitrogens is 1. The van der Waals surface area contributed by atoms with Crippen molar-refractivity contribution < 1.29 is 9.13 Å². The molecule has 0 radical (unpaired) electrons. The van der Waals surface area contributed by atoms with Crippen LogP contribution in [0.2, 0.25) is 0 Å². The molecular weight excluding hydrogens is 257 g/mol. The summed E-state index contributed by atoms with van der Waals surface area (Å²) >= 11 is 0. The Balaban J connectivity index is 2.19. The second kappa shape index (κ2) is 7.67. The molecule has 2 unspecified atom stereocenters. The van der Waals surface area contributed by atoms with Crippen LogP contribution in [0.5, 0.6) is 0 Å². The lowest BCUT2D eigenvalue weighted by Gasteiger charge is -2.35. The Labute approximate surface area is 119 Å². The number of ether oxygens (including phenoxy) is 1. The Morgan fingerprint density at radius 2 is 2.15 bits per heavy atom. The molecule has 1 aromatic heterocycles. The number of nitrogens with two attached hydrogens (primary N) is 1. The number of nitrogens with zero attached hydrogens (tertiary/aromatic N) is 1. The normalized spacial score (nSPS) is 19.8. The summed E-state index contributed by atoms with van der Waals surface area (Å²) in [7, 11) is 0. The highest BCUT2D eigenvalue weighted by molar-refractivity contribution is 5.17. The SMILES string of the molecule is CCOC(C1CCCCC1)C(NN)c1cncc(F)c1. The number of hydrazine groups is 1. The van der Waals surface area contributed by atoms with Gasteiger partial charge in [-0.1, -0.05) is 19.3 Å². The lowest BCUT2D eigenvalue weighted by Crippen LogP contribution is -2.42. The maximum Gasteiger partial charge on any atom is 0.141 e. The van der Waals surface area contributed by atoms with Crippen molar-refractivity contribution in [2.45, 2.75) is 51.2 Å². The fraction of sp³-hybridized carbons (Fsp3) is 0.667. The first kappa shape index (κ1) is 15.4. The Hall–Kier alpha value is -1.04. The van der Waals surface area contributed by atoms with Gasteiger partial charge in [0.2, 0.25) is 0 Å². The summed E-state index contributed by atoms with van der Waals surface area (Å²) in [5.41, 5.74) is 3.54. The van der Waals surface area contributed by atoms with Gasteiger partial charge in [-0.3, -0.25) is 16.3 Å². The standard InChI is InChI=1S/C15H24FN3O/c1-2-20-15(11-6-4-3-5-7-11)14(19-17)12-8-13(16)10-18-9-12/h8-11,14-15,19H,2-7,17H2,1H3. The van der Waals surface area contributed by atoms with E-state index < -0.39 is 0 Å². The van der Waals surface area contributed by atoms with Gasteiger partial charge < -0.3 is 4.74 Å². The van der Waals surface area contributed by atoms with Gasteiger partial charge in [-0.15, -0.1) is 0 Å². The van der Waals surface area contributed by atoms with Crippen molar-refractivity contribution in [2.24, 2.45) is 11.8 Å². The lowest BCUT2D eigenvalue weighted by atomic mass is 9.81. The number of rotatable bonds is 6. The number of hydrogen-bond acceptors (Lipinski definition) is 4.